The smallest absolute Gasteiger partial charge is 0.135 e. The molecule has 6 rings (SSSR count). The van der Waals surface area contributed by atoms with E-state index in [9.17, 15) is 0 Å². The molecule has 0 saturated heterocycles. The van der Waals surface area contributed by atoms with Gasteiger partial charge in [0.25, 0.3) is 0 Å². The standard InChI is InChI=1S/C27H28N4O2.2ClH/c1(2-4-22-14-18-6-8-20(16-24(18)32-22)26-28-10-11-29-26)3-5-23-15-19-7-9-21(17-25(19)33-23)27-30-12-13-31-27;;/h6-9,14-17H,1-5,10-13H2,(H,28,29)(H,30,31);2*1H. The molecule has 0 atom stereocenters. The zero-order valence-electron chi connectivity index (χ0n) is 19.5. The molecule has 2 aliphatic rings. The fraction of sp³-hybridized carbons (Fsp3) is 0.333. The van der Waals surface area contributed by atoms with Crippen molar-refractivity contribution in [1.29, 1.82) is 0 Å². The lowest BCUT2D eigenvalue weighted by molar-refractivity contribution is 0.509. The quantitative estimate of drug-likeness (QED) is 0.298. The molecule has 184 valence electrons. The fourth-order valence-electron chi connectivity index (χ4n) is 4.67. The van der Waals surface area contributed by atoms with Crippen LogP contribution in [-0.4, -0.2) is 37.9 Å². The van der Waals surface area contributed by atoms with Crippen LogP contribution >= 0.6 is 24.8 Å². The number of unbranched alkanes of at least 4 members (excludes halogenated alkanes) is 2. The molecule has 0 bridgehead atoms. The second-order valence-corrected chi connectivity index (χ2v) is 8.81. The molecule has 0 radical (unpaired) electrons. The van der Waals surface area contributed by atoms with Gasteiger partial charge in [0.2, 0.25) is 0 Å². The summed E-state index contributed by atoms with van der Waals surface area (Å²) in [5.74, 6) is 4.06. The lowest BCUT2D eigenvalue weighted by atomic mass is 10.1. The van der Waals surface area contributed by atoms with Gasteiger partial charge in [-0.05, 0) is 37.1 Å². The number of nitrogens with one attached hydrogen (secondary N) is 2. The van der Waals surface area contributed by atoms with Gasteiger partial charge in [-0.3, -0.25) is 9.98 Å². The van der Waals surface area contributed by atoms with E-state index in [0.717, 1.165) is 115 Å². The Bertz CT molecular complexity index is 1270. The highest BCUT2D eigenvalue weighted by Gasteiger charge is 2.12. The lowest BCUT2D eigenvalue weighted by Crippen LogP contribution is -2.19. The number of aliphatic imine (C=N–C) groups is 2. The summed E-state index contributed by atoms with van der Waals surface area (Å²) in [5.41, 5.74) is 4.09. The molecule has 6 nitrogen and oxygen atoms in total. The second-order valence-electron chi connectivity index (χ2n) is 8.81. The Morgan fingerprint density at radius 3 is 1.54 bits per heavy atom. The highest BCUT2D eigenvalue weighted by Crippen LogP contribution is 2.25. The first-order valence-electron chi connectivity index (χ1n) is 11.9. The van der Waals surface area contributed by atoms with Crippen molar-refractivity contribution >= 4 is 58.4 Å². The zero-order valence-corrected chi connectivity index (χ0v) is 21.1. The summed E-state index contributed by atoms with van der Waals surface area (Å²) in [4.78, 5) is 9.00. The van der Waals surface area contributed by atoms with Crippen molar-refractivity contribution in [2.75, 3.05) is 26.2 Å². The highest BCUT2D eigenvalue weighted by molar-refractivity contribution is 6.02. The Morgan fingerprint density at radius 1 is 0.629 bits per heavy atom. The number of rotatable bonds is 8. The van der Waals surface area contributed by atoms with E-state index in [1.165, 1.54) is 0 Å². The fourth-order valence-corrected chi connectivity index (χ4v) is 4.67. The van der Waals surface area contributed by atoms with Gasteiger partial charge in [0.05, 0.1) is 13.1 Å². The molecule has 4 aromatic rings. The summed E-state index contributed by atoms with van der Waals surface area (Å²) in [6.45, 7) is 3.52. The molecule has 0 spiro atoms. The van der Waals surface area contributed by atoms with Gasteiger partial charge in [0.1, 0.15) is 34.4 Å². The predicted molar refractivity (Wildman–Crippen MR) is 147 cm³/mol. The molecule has 0 fully saturated rings. The Hall–Kier alpha value is -2.96. The number of fused-ring (bicyclic) bond motifs is 2. The Kier molecular flexibility index (Phi) is 8.04. The van der Waals surface area contributed by atoms with E-state index in [-0.39, 0.29) is 24.8 Å². The molecule has 35 heavy (non-hydrogen) atoms. The van der Waals surface area contributed by atoms with Crippen LogP contribution in [0.5, 0.6) is 0 Å². The molecule has 2 aliphatic heterocycles. The van der Waals surface area contributed by atoms with Crippen LogP contribution in [0.2, 0.25) is 0 Å². The SMILES string of the molecule is Cl.Cl.c1cc2cc(CCCCCc3cc4ccc(C5=NCCN5)cc4o3)oc2cc1C1=NCCN1. The van der Waals surface area contributed by atoms with E-state index < -0.39 is 0 Å². The third-order valence-corrected chi connectivity index (χ3v) is 6.38. The highest BCUT2D eigenvalue weighted by atomic mass is 35.5. The molecule has 8 heteroatoms. The average molecular weight is 513 g/mol. The van der Waals surface area contributed by atoms with E-state index in [4.69, 9.17) is 8.83 Å². The van der Waals surface area contributed by atoms with Gasteiger partial charge in [-0.25, -0.2) is 0 Å². The van der Waals surface area contributed by atoms with Crippen molar-refractivity contribution < 1.29 is 8.83 Å². The third-order valence-electron chi connectivity index (χ3n) is 6.38. The van der Waals surface area contributed by atoms with E-state index in [1.807, 2.05) is 0 Å². The third kappa shape index (κ3) is 5.49. The summed E-state index contributed by atoms with van der Waals surface area (Å²) in [6, 6.07) is 17.0. The summed E-state index contributed by atoms with van der Waals surface area (Å²) in [6.07, 6.45) is 5.28. The van der Waals surface area contributed by atoms with Gasteiger partial charge in [-0.15, -0.1) is 24.8 Å². The maximum Gasteiger partial charge on any atom is 0.135 e. The Labute approximate surface area is 217 Å². The minimum Gasteiger partial charge on any atom is -0.461 e. The summed E-state index contributed by atoms with van der Waals surface area (Å²) >= 11 is 0. The first-order valence-corrected chi connectivity index (χ1v) is 11.9. The van der Waals surface area contributed by atoms with Crippen molar-refractivity contribution in [3.8, 4) is 0 Å². The maximum absolute atomic E-state index is 6.11. The van der Waals surface area contributed by atoms with Gasteiger partial charge >= 0.3 is 0 Å². The molecule has 0 amide bonds. The molecular weight excluding hydrogens is 483 g/mol. The van der Waals surface area contributed by atoms with Gasteiger partial charge in [0.15, 0.2) is 0 Å². The first-order chi connectivity index (χ1) is 16.3. The number of hydrogen-bond acceptors (Lipinski definition) is 6. The van der Waals surface area contributed by atoms with Crippen LogP contribution in [0.15, 0.2) is 67.4 Å². The van der Waals surface area contributed by atoms with Crippen molar-refractivity contribution in [2.45, 2.75) is 32.1 Å². The molecular formula is C27H30Cl2N4O2. The van der Waals surface area contributed by atoms with Crippen molar-refractivity contribution in [3.05, 3.63) is 71.2 Å². The van der Waals surface area contributed by atoms with E-state index in [2.05, 4.69) is 69.1 Å². The van der Waals surface area contributed by atoms with Crippen LogP contribution in [0.1, 0.15) is 41.9 Å². The molecule has 2 aromatic carbocycles. The molecule has 4 heterocycles. The van der Waals surface area contributed by atoms with Crippen LogP contribution in [0.4, 0.5) is 0 Å². The van der Waals surface area contributed by atoms with E-state index >= 15 is 0 Å². The molecule has 2 N–H and O–H groups in total. The van der Waals surface area contributed by atoms with Gasteiger partial charge in [0, 0.05) is 47.8 Å². The Balaban J connectivity index is 0.00000144. The molecule has 0 unspecified atom stereocenters. The van der Waals surface area contributed by atoms with E-state index in [0.29, 0.717) is 0 Å². The van der Waals surface area contributed by atoms with Crippen molar-refractivity contribution in [1.82, 2.24) is 10.6 Å². The summed E-state index contributed by atoms with van der Waals surface area (Å²) in [7, 11) is 0. The lowest BCUT2D eigenvalue weighted by Gasteiger charge is -2.01. The average Bonchev–Trinajstić information content (AvgIpc) is 3.64. The molecule has 0 saturated carbocycles. The van der Waals surface area contributed by atoms with Gasteiger partial charge in [-0.2, -0.15) is 0 Å². The normalized spacial score (nSPS) is 14.7. The second kappa shape index (κ2) is 11.2. The molecule has 2 aromatic heterocycles. The summed E-state index contributed by atoms with van der Waals surface area (Å²) in [5, 5.41) is 8.97. The van der Waals surface area contributed by atoms with E-state index in [1.54, 1.807) is 0 Å². The molecule has 0 aliphatic carbocycles. The monoisotopic (exact) mass is 512 g/mol. The number of hydrogen-bond donors (Lipinski definition) is 2. The van der Waals surface area contributed by atoms with Crippen molar-refractivity contribution in [2.24, 2.45) is 9.98 Å². The van der Waals surface area contributed by atoms with Crippen LogP contribution in [0.25, 0.3) is 21.9 Å². The number of halogens is 2. The largest absolute Gasteiger partial charge is 0.461 e. The number of furan rings is 2. The topological polar surface area (TPSA) is 75.1 Å². The zero-order chi connectivity index (χ0) is 22.0. The number of aryl methyl sites for hydroxylation is 2. The van der Waals surface area contributed by atoms with Crippen molar-refractivity contribution in [3.63, 3.8) is 0 Å². The predicted octanol–water partition coefficient (Wildman–Crippen LogP) is 5.68. The van der Waals surface area contributed by atoms with Crippen LogP contribution in [-0.2, 0) is 12.8 Å². The van der Waals surface area contributed by atoms with Crippen LogP contribution in [0.3, 0.4) is 0 Å². The Morgan fingerprint density at radius 2 is 1.11 bits per heavy atom. The minimum absolute atomic E-state index is 0. The summed E-state index contributed by atoms with van der Waals surface area (Å²) < 4.78 is 12.2. The number of nitrogens with zero attached hydrogens (tertiary/aromatic N) is 2. The van der Waals surface area contributed by atoms with Crippen LogP contribution < -0.4 is 10.6 Å². The maximum atomic E-state index is 6.11. The number of amidine groups is 2. The number of benzene rings is 2. The first kappa shape index (κ1) is 25.1. The van der Waals surface area contributed by atoms with Crippen LogP contribution in [0, 0.1) is 0 Å². The minimum atomic E-state index is 0. The van der Waals surface area contributed by atoms with Gasteiger partial charge < -0.3 is 19.5 Å². The van der Waals surface area contributed by atoms with Gasteiger partial charge in [-0.1, -0.05) is 30.7 Å².